The zero-order valence-corrected chi connectivity index (χ0v) is 10.8. The highest BCUT2D eigenvalue weighted by Crippen LogP contribution is 2.28. The highest BCUT2D eigenvalue weighted by Gasteiger charge is 2.25. The van der Waals surface area contributed by atoms with Gasteiger partial charge >= 0.3 is 0 Å². The number of hydrogen-bond donors (Lipinski definition) is 1. The van der Waals surface area contributed by atoms with Crippen molar-refractivity contribution in [3.8, 4) is 0 Å². The van der Waals surface area contributed by atoms with Crippen LogP contribution in [0.5, 0.6) is 0 Å². The predicted octanol–water partition coefficient (Wildman–Crippen LogP) is 0.871. The molecule has 1 aliphatic carbocycles. The fourth-order valence-corrected chi connectivity index (χ4v) is 2.44. The SMILES string of the molecule is CNCC1CCCN(C(=O)COCC2CC2)C1. The molecule has 0 aromatic carbocycles. The minimum atomic E-state index is 0.173. The molecule has 0 aromatic heterocycles. The summed E-state index contributed by atoms with van der Waals surface area (Å²) in [6, 6.07) is 0. The Kier molecular flexibility index (Phi) is 4.80. The number of carbonyl (C=O) groups excluding carboxylic acids is 1. The molecule has 1 amide bonds. The Morgan fingerprint density at radius 2 is 2.18 bits per heavy atom. The van der Waals surface area contributed by atoms with Crippen molar-refractivity contribution in [3.63, 3.8) is 0 Å². The lowest BCUT2D eigenvalue weighted by atomic mass is 9.98. The van der Waals surface area contributed by atoms with Crippen molar-refractivity contribution in [2.75, 3.05) is 39.9 Å². The Bertz CT molecular complexity index is 252. The van der Waals surface area contributed by atoms with Crippen molar-refractivity contribution in [3.05, 3.63) is 0 Å². The number of amides is 1. The van der Waals surface area contributed by atoms with Crippen LogP contribution in [0.25, 0.3) is 0 Å². The van der Waals surface area contributed by atoms with Crippen LogP contribution in [0.15, 0.2) is 0 Å². The molecule has 1 aliphatic heterocycles. The van der Waals surface area contributed by atoms with Crippen molar-refractivity contribution in [2.24, 2.45) is 11.8 Å². The van der Waals surface area contributed by atoms with Gasteiger partial charge in [0.05, 0.1) is 6.61 Å². The number of hydrogen-bond acceptors (Lipinski definition) is 3. The summed E-state index contributed by atoms with van der Waals surface area (Å²) >= 11 is 0. The maximum absolute atomic E-state index is 11.9. The summed E-state index contributed by atoms with van der Waals surface area (Å²) in [5, 5.41) is 3.19. The van der Waals surface area contributed by atoms with E-state index in [0.29, 0.717) is 5.92 Å². The first-order valence-electron chi connectivity index (χ1n) is 6.79. The number of likely N-dealkylation sites (tertiary alicyclic amines) is 1. The lowest BCUT2D eigenvalue weighted by Crippen LogP contribution is -2.44. The molecule has 0 aromatic rings. The van der Waals surface area contributed by atoms with Gasteiger partial charge in [-0.3, -0.25) is 4.79 Å². The standard InChI is InChI=1S/C13H24N2O2/c1-14-7-12-3-2-6-15(8-12)13(16)10-17-9-11-4-5-11/h11-12,14H,2-10H2,1H3. The van der Waals surface area contributed by atoms with E-state index >= 15 is 0 Å². The van der Waals surface area contributed by atoms with Gasteiger partial charge in [0, 0.05) is 13.1 Å². The number of carbonyl (C=O) groups is 1. The molecule has 98 valence electrons. The topological polar surface area (TPSA) is 41.6 Å². The van der Waals surface area contributed by atoms with Gasteiger partial charge in [-0.2, -0.15) is 0 Å². The molecule has 2 rings (SSSR count). The molecule has 1 saturated heterocycles. The number of ether oxygens (including phenoxy) is 1. The van der Waals surface area contributed by atoms with Crippen LogP contribution in [0, 0.1) is 11.8 Å². The van der Waals surface area contributed by atoms with E-state index in [2.05, 4.69) is 5.32 Å². The molecular weight excluding hydrogens is 216 g/mol. The van der Waals surface area contributed by atoms with E-state index in [9.17, 15) is 4.79 Å². The molecule has 1 unspecified atom stereocenters. The van der Waals surface area contributed by atoms with Gasteiger partial charge in [0.1, 0.15) is 6.61 Å². The van der Waals surface area contributed by atoms with E-state index < -0.39 is 0 Å². The monoisotopic (exact) mass is 240 g/mol. The van der Waals surface area contributed by atoms with Crippen LogP contribution in [0.4, 0.5) is 0 Å². The van der Waals surface area contributed by atoms with Crippen molar-refractivity contribution in [1.82, 2.24) is 10.2 Å². The largest absolute Gasteiger partial charge is 0.371 e. The molecule has 2 aliphatic rings. The van der Waals surface area contributed by atoms with Crippen molar-refractivity contribution in [1.29, 1.82) is 0 Å². The first-order chi connectivity index (χ1) is 8.29. The lowest BCUT2D eigenvalue weighted by molar-refractivity contribution is -0.138. The summed E-state index contributed by atoms with van der Waals surface area (Å²) in [5.41, 5.74) is 0. The van der Waals surface area contributed by atoms with E-state index in [4.69, 9.17) is 4.74 Å². The number of piperidine rings is 1. The van der Waals surface area contributed by atoms with Crippen LogP contribution < -0.4 is 5.32 Å². The first kappa shape index (κ1) is 12.8. The van der Waals surface area contributed by atoms with Crippen molar-refractivity contribution in [2.45, 2.75) is 25.7 Å². The average Bonchev–Trinajstić information content (AvgIpc) is 3.14. The fraction of sp³-hybridized carbons (Fsp3) is 0.923. The van der Waals surface area contributed by atoms with E-state index in [-0.39, 0.29) is 12.5 Å². The molecule has 0 spiro atoms. The Balaban J connectivity index is 1.65. The van der Waals surface area contributed by atoms with Gasteiger partial charge in [-0.15, -0.1) is 0 Å². The third-order valence-electron chi connectivity index (χ3n) is 3.64. The van der Waals surface area contributed by atoms with Crippen LogP contribution in [-0.4, -0.2) is 50.7 Å². The predicted molar refractivity (Wildman–Crippen MR) is 66.8 cm³/mol. The Morgan fingerprint density at radius 1 is 1.35 bits per heavy atom. The molecule has 1 saturated carbocycles. The second kappa shape index (κ2) is 6.36. The van der Waals surface area contributed by atoms with Crippen LogP contribution >= 0.6 is 0 Å². The summed E-state index contributed by atoms with van der Waals surface area (Å²) in [6.07, 6.45) is 4.92. The van der Waals surface area contributed by atoms with Gasteiger partial charge in [-0.1, -0.05) is 0 Å². The fourth-order valence-electron chi connectivity index (χ4n) is 2.44. The zero-order valence-electron chi connectivity index (χ0n) is 10.8. The molecular formula is C13H24N2O2. The van der Waals surface area contributed by atoms with Crippen LogP contribution in [0.2, 0.25) is 0 Å². The molecule has 17 heavy (non-hydrogen) atoms. The molecule has 2 fully saturated rings. The molecule has 1 atom stereocenters. The molecule has 1 heterocycles. The Hall–Kier alpha value is -0.610. The maximum atomic E-state index is 11.9. The highest BCUT2D eigenvalue weighted by molar-refractivity contribution is 5.77. The summed E-state index contributed by atoms with van der Waals surface area (Å²) < 4.78 is 5.46. The first-order valence-corrected chi connectivity index (χ1v) is 6.79. The second-order valence-electron chi connectivity index (χ2n) is 5.36. The van der Waals surface area contributed by atoms with Crippen LogP contribution in [-0.2, 0) is 9.53 Å². The quantitative estimate of drug-likeness (QED) is 0.749. The third kappa shape index (κ3) is 4.28. The number of rotatable bonds is 6. The lowest BCUT2D eigenvalue weighted by Gasteiger charge is -2.32. The second-order valence-corrected chi connectivity index (χ2v) is 5.36. The van der Waals surface area contributed by atoms with Gasteiger partial charge < -0.3 is 15.0 Å². The van der Waals surface area contributed by atoms with E-state index in [1.54, 1.807) is 0 Å². The molecule has 0 radical (unpaired) electrons. The van der Waals surface area contributed by atoms with Gasteiger partial charge in [-0.05, 0) is 51.1 Å². The molecule has 4 heteroatoms. The van der Waals surface area contributed by atoms with Crippen LogP contribution in [0.3, 0.4) is 0 Å². The Morgan fingerprint density at radius 3 is 2.88 bits per heavy atom. The number of nitrogens with one attached hydrogen (secondary N) is 1. The van der Waals surface area contributed by atoms with Crippen molar-refractivity contribution < 1.29 is 9.53 Å². The Labute approximate surface area is 104 Å². The maximum Gasteiger partial charge on any atom is 0.248 e. The van der Waals surface area contributed by atoms with E-state index in [1.165, 1.54) is 19.3 Å². The van der Waals surface area contributed by atoms with Gasteiger partial charge in [0.25, 0.3) is 0 Å². The molecule has 4 nitrogen and oxygen atoms in total. The summed E-state index contributed by atoms with van der Waals surface area (Å²) in [5.74, 6) is 1.52. The minimum absolute atomic E-state index is 0.173. The summed E-state index contributed by atoms with van der Waals surface area (Å²) in [6.45, 7) is 3.87. The summed E-state index contributed by atoms with van der Waals surface area (Å²) in [4.78, 5) is 13.9. The van der Waals surface area contributed by atoms with E-state index in [0.717, 1.165) is 38.6 Å². The van der Waals surface area contributed by atoms with Gasteiger partial charge in [-0.25, -0.2) is 0 Å². The minimum Gasteiger partial charge on any atom is -0.371 e. The molecule has 1 N–H and O–H groups in total. The zero-order chi connectivity index (χ0) is 12.1. The highest BCUT2D eigenvalue weighted by atomic mass is 16.5. The van der Waals surface area contributed by atoms with Gasteiger partial charge in [0.2, 0.25) is 5.91 Å². The average molecular weight is 240 g/mol. The van der Waals surface area contributed by atoms with E-state index in [1.807, 2.05) is 11.9 Å². The van der Waals surface area contributed by atoms with Crippen molar-refractivity contribution >= 4 is 5.91 Å². The summed E-state index contributed by atoms with van der Waals surface area (Å²) in [7, 11) is 1.97. The van der Waals surface area contributed by atoms with Crippen LogP contribution in [0.1, 0.15) is 25.7 Å². The van der Waals surface area contributed by atoms with Gasteiger partial charge in [0.15, 0.2) is 0 Å². The normalized spacial score (nSPS) is 25.0. The smallest absolute Gasteiger partial charge is 0.248 e. The number of nitrogens with zero attached hydrogens (tertiary/aromatic N) is 1. The molecule has 0 bridgehead atoms. The third-order valence-corrected chi connectivity index (χ3v) is 3.64.